The van der Waals surface area contributed by atoms with Crippen LogP contribution in [0.2, 0.25) is 0 Å². The van der Waals surface area contributed by atoms with E-state index < -0.39 is 18.6 Å². The lowest BCUT2D eigenvalue weighted by Gasteiger charge is -2.24. The third-order valence-corrected chi connectivity index (χ3v) is 3.97. The number of rotatable bonds is 4. The highest BCUT2D eigenvalue weighted by Gasteiger charge is 2.34. The summed E-state index contributed by atoms with van der Waals surface area (Å²) in [6, 6.07) is 10.0. The van der Waals surface area contributed by atoms with Crippen molar-refractivity contribution in [2.24, 2.45) is 7.05 Å². The number of hydrogen-bond acceptors (Lipinski definition) is 3. The highest BCUT2D eigenvalue weighted by molar-refractivity contribution is 6.05. The summed E-state index contributed by atoms with van der Waals surface area (Å²) < 4.78 is 40.7. The van der Waals surface area contributed by atoms with Crippen molar-refractivity contribution in [1.82, 2.24) is 19.7 Å². The predicted molar refractivity (Wildman–Crippen MR) is 90.5 cm³/mol. The Morgan fingerprint density at radius 1 is 1.23 bits per heavy atom. The van der Waals surface area contributed by atoms with Gasteiger partial charge in [0.1, 0.15) is 6.54 Å². The van der Waals surface area contributed by atoms with Gasteiger partial charge in [-0.2, -0.15) is 18.3 Å². The number of amides is 1. The number of nitrogens with zero attached hydrogens (tertiary/aromatic N) is 4. The van der Waals surface area contributed by atoms with E-state index in [1.165, 1.54) is 16.9 Å². The van der Waals surface area contributed by atoms with Gasteiger partial charge >= 0.3 is 6.18 Å². The third-order valence-electron chi connectivity index (χ3n) is 3.97. The molecule has 0 N–H and O–H groups in total. The number of carbonyl (C=O) groups excluding carboxylic acids is 1. The first kappa shape index (κ1) is 17.9. The van der Waals surface area contributed by atoms with E-state index in [0.717, 1.165) is 4.90 Å². The Labute approximate surface area is 148 Å². The van der Waals surface area contributed by atoms with Gasteiger partial charge < -0.3 is 4.90 Å². The molecule has 3 aromatic rings. The first-order chi connectivity index (χ1) is 12.2. The van der Waals surface area contributed by atoms with Crippen LogP contribution in [0.3, 0.4) is 0 Å². The van der Waals surface area contributed by atoms with Gasteiger partial charge in [0, 0.05) is 18.6 Å². The van der Waals surface area contributed by atoms with Gasteiger partial charge in [-0.05, 0) is 25.1 Å². The van der Waals surface area contributed by atoms with Crippen LogP contribution in [0.4, 0.5) is 13.2 Å². The van der Waals surface area contributed by atoms with E-state index in [1.807, 2.05) is 0 Å². The van der Waals surface area contributed by atoms with Crippen molar-refractivity contribution >= 4 is 16.8 Å². The lowest BCUT2D eigenvalue weighted by molar-refractivity contribution is -0.141. The average Bonchev–Trinajstić information content (AvgIpc) is 2.89. The Kier molecular flexibility index (Phi) is 4.67. The summed E-state index contributed by atoms with van der Waals surface area (Å²) in [6.07, 6.45) is -3.00. The zero-order valence-corrected chi connectivity index (χ0v) is 14.3. The molecule has 0 fully saturated rings. The molecule has 0 radical (unpaired) electrons. The Morgan fingerprint density at radius 2 is 1.96 bits per heavy atom. The number of aromatic nitrogens is 3. The van der Waals surface area contributed by atoms with Crippen LogP contribution in [0.5, 0.6) is 0 Å². The van der Waals surface area contributed by atoms with Crippen molar-refractivity contribution in [2.45, 2.75) is 19.6 Å². The molecule has 0 bridgehead atoms. The topological polar surface area (TPSA) is 51.0 Å². The van der Waals surface area contributed by atoms with Crippen LogP contribution < -0.4 is 0 Å². The molecule has 8 heteroatoms. The number of alkyl halides is 3. The number of para-hydroxylation sites is 1. The standard InChI is InChI=1S/C18H17F3N4O/c1-12-9-14(24(2)23-12)10-25(11-18(19,20)21)17(26)15-7-3-5-13-6-4-8-22-16(13)15/h3-9H,10-11H2,1-2H3. The molecule has 3 rings (SSSR count). The van der Waals surface area contributed by atoms with Gasteiger partial charge in [0.15, 0.2) is 0 Å². The largest absolute Gasteiger partial charge is 0.406 e. The van der Waals surface area contributed by atoms with Gasteiger partial charge in [-0.1, -0.05) is 18.2 Å². The predicted octanol–water partition coefficient (Wildman–Crippen LogP) is 3.48. The second-order valence-corrected chi connectivity index (χ2v) is 6.06. The summed E-state index contributed by atoms with van der Waals surface area (Å²) in [6.45, 7) is 0.201. The highest BCUT2D eigenvalue weighted by atomic mass is 19.4. The molecule has 0 saturated carbocycles. The molecule has 0 unspecified atom stereocenters. The fourth-order valence-corrected chi connectivity index (χ4v) is 2.87. The zero-order valence-electron chi connectivity index (χ0n) is 14.3. The summed E-state index contributed by atoms with van der Waals surface area (Å²) >= 11 is 0. The fraction of sp³-hybridized carbons (Fsp3) is 0.278. The van der Waals surface area contributed by atoms with Crippen molar-refractivity contribution in [1.29, 1.82) is 0 Å². The molecule has 0 aliphatic carbocycles. The average molecular weight is 362 g/mol. The van der Waals surface area contributed by atoms with Crippen molar-refractivity contribution < 1.29 is 18.0 Å². The Balaban J connectivity index is 2.00. The van der Waals surface area contributed by atoms with E-state index in [4.69, 9.17) is 0 Å². The molecule has 2 aromatic heterocycles. The molecular formula is C18H17F3N4O. The molecule has 0 saturated heterocycles. The quantitative estimate of drug-likeness (QED) is 0.714. The van der Waals surface area contributed by atoms with E-state index >= 15 is 0 Å². The maximum Gasteiger partial charge on any atom is 0.406 e. The number of pyridine rings is 1. The molecule has 0 atom stereocenters. The molecule has 1 amide bonds. The molecular weight excluding hydrogens is 345 g/mol. The second kappa shape index (κ2) is 6.78. The van der Waals surface area contributed by atoms with Gasteiger partial charge in [0.05, 0.1) is 29.0 Å². The van der Waals surface area contributed by atoms with Crippen LogP contribution in [0.15, 0.2) is 42.6 Å². The maximum absolute atomic E-state index is 13.1. The number of halogens is 3. The summed E-state index contributed by atoms with van der Waals surface area (Å²) in [5, 5.41) is 4.82. The second-order valence-electron chi connectivity index (χ2n) is 6.06. The molecule has 0 spiro atoms. The van der Waals surface area contributed by atoms with Crippen molar-refractivity contribution in [2.75, 3.05) is 6.54 Å². The molecule has 136 valence electrons. The molecule has 0 aliphatic heterocycles. The number of carbonyl (C=O) groups is 1. The van der Waals surface area contributed by atoms with Crippen molar-refractivity contribution in [3.05, 3.63) is 59.5 Å². The fourth-order valence-electron chi connectivity index (χ4n) is 2.87. The van der Waals surface area contributed by atoms with Crippen molar-refractivity contribution in [3.63, 3.8) is 0 Å². The van der Waals surface area contributed by atoms with Crippen molar-refractivity contribution in [3.8, 4) is 0 Å². The third kappa shape index (κ3) is 3.84. The number of hydrogen-bond donors (Lipinski definition) is 0. The summed E-state index contributed by atoms with van der Waals surface area (Å²) in [7, 11) is 1.64. The Hall–Kier alpha value is -2.90. The number of aryl methyl sites for hydroxylation is 2. The molecule has 26 heavy (non-hydrogen) atoms. The van der Waals surface area contributed by atoms with E-state index in [0.29, 0.717) is 22.3 Å². The normalized spacial score (nSPS) is 11.7. The molecule has 5 nitrogen and oxygen atoms in total. The number of benzene rings is 1. The van der Waals surface area contributed by atoms with E-state index in [-0.39, 0.29) is 12.1 Å². The van der Waals surface area contributed by atoms with Crippen LogP contribution >= 0.6 is 0 Å². The minimum absolute atomic E-state index is 0.145. The summed E-state index contributed by atoms with van der Waals surface area (Å²) in [5.74, 6) is -0.717. The highest BCUT2D eigenvalue weighted by Crippen LogP contribution is 2.23. The van der Waals surface area contributed by atoms with Crippen LogP contribution in [-0.2, 0) is 13.6 Å². The first-order valence-electron chi connectivity index (χ1n) is 7.94. The lowest BCUT2D eigenvalue weighted by atomic mass is 10.1. The lowest BCUT2D eigenvalue weighted by Crippen LogP contribution is -2.39. The van der Waals surface area contributed by atoms with Crippen LogP contribution in [0, 0.1) is 6.92 Å². The van der Waals surface area contributed by atoms with Gasteiger partial charge in [-0.15, -0.1) is 0 Å². The van der Waals surface area contributed by atoms with Gasteiger partial charge in [0.2, 0.25) is 0 Å². The van der Waals surface area contributed by atoms with Gasteiger partial charge in [0.25, 0.3) is 5.91 Å². The Morgan fingerprint density at radius 3 is 2.62 bits per heavy atom. The van der Waals surface area contributed by atoms with Crippen LogP contribution in [0.25, 0.3) is 10.9 Å². The van der Waals surface area contributed by atoms with Crippen LogP contribution in [0.1, 0.15) is 21.7 Å². The van der Waals surface area contributed by atoms with Gasteiger partial charge in [-0.3, -0.25) is 14.5 Å². The minimum Gasteiger partial charge on any atom is -0.324 e. The van der Waals surface area contributed by atoms with E-state index in [2.05, 4.69) is 10.1 Å². The zero-order chi connectivity index (χ0) is 18.9. The SMILES string of the molecule is Cc1cc(CN(CC(F)(F)F)C(=O)c2cccc3cccnc23)n(C)n1. The first-order valence-corrected chi connectivity index (χ1v) is 7.94. The Bertz CT molecular complexity index is 944. The molecule has 1 aromatic carbocycles. The van der Waals surface area contributed by atoms with E-state index in [9.17, 15) is 18.0 Å². The van der Waals surface area contributed by atoms with E-state index in [1.54, 1.807) is 44.3 Å². The summed E-state index contributed by atoms with van der Waals surface area (Å²) in [4.78, 5) is 17.9. The minimum atomic E-state index is -4.51. The smallest absolute Gasteiger partial charge is 0.324 e. The molecule has 2 heterocycles. The van der Waals surface area contributed by atoms with Crippen LogP contribution in [-0.4, -0.2) is 38.3 Å². The monoisotopic (exact) mass is 362 g/mol. The maximum atomic E-state index is 13.1. The summed E-state index contributed by atoms with van der Waals surface area (Å²) in [5.41, 5.74) is 1.72. The molecule has 0 aliphatic rings. The number of fused-ring (bicyclic) bond motifs is 1. The van der Waals surface area contributed by atoms with Gasteiger partial charge in [-0.25, -0.2) is 0 Å².